The molecule has 160 valence electrons. The summed E-state index contributed by atoms with van der Waals surface area (Å²) in [6, 6.07) is 14.2. The maximum absolute atomic E-state index is 13.3. The van der Waals surface area contributed by atoms with Crippen LogP contribution in [0.25, 0.3) is 17.1 Å². The van der Waals surface area contributed by atoms with Crippen LogP contribution in [0.4, 0.5) is 13.2 Å². The monoisotopic (exact) mass is 426 g/mol. The van der Waals surface area contributed by atoms with Gasteiger partial charge in [0.25, 0.3) is 5.91 Å². The highest BCUT2D eigenvalue weighted by atomic mass is 19.4. The van der Waals surface area contributed by atoms with Crippen molar-refractivity contribution in [3.8, 4) is 17.1 Å². The third-order valence-corrected chi connectivity index (χ3v) is 6.22. The number of carbonyl (C=O) groups excluding carboxylic acids is 1. The maximum atomic E-state index is 13.3. The summed E-state index contributed by atoms with van der Waals surface area (Å²) < 4.78 is 41.1. The van der Waals surface area contributed by atoms with Crippen molar-refractivity contribution in [2.75, 3.05) is 6.54 Å². The molecule has 8 heteroatoms. The second-order valence-corrected chi connectivity index (χ2v) is 8.22. The molecular weight excluding hydrogens is 405 g/mol. The first-order valence-electron chi connectivity index (χ1n) is 10.4. The number of benzene rings is 2. The summed E-state index contributed by atoms with van der Waals surface area (Å²) >= 11 is 0. The van der Waals surface area contributed by atoms with Gasteiger partial charge in [-0.3, -0.25) is 4.79 Å². The molecule has 0 radical (unpaired) electrons. The summed E-state index contributed by atoms with van der Waals surface area (Å²) in [5.74, 6) is 0.611. The van der Waals surface area contributed by atoms with E-state index in [1.165, 1.54) is 16.8 Å². The number of fused-ring (bicyclic) bond motifs is 3. The van der Waals surface area contributed by atoms with Gasteiger partial charge in [0.15, 0.2) is 5.82 Å². The molecule has 0 unspecified atom stereocenters. The van der Waals surface area contributed by atoms with E-state index in [1.807, 2.05) is 23.1 Å². The zero-order valence-electron chi connectivity index (χ0n) is 16.7. The molecule has 6 rings (SSSR count). The summed E-state index contributed by atoms with van der Waals surface area (Å²) in [6.07, 6.45) is -0.243. The molecule has 1 aromatic heterocycles. The Hall–Kier alpha value is -3.16. The highest BCUT2D eigenvalue weighted by molar-refractivity contribution is 5.91. The van der Waals surface area contributed by atoms with E-state index in [1.54, 1.807) is 12.1 Å². The molecule has 1 amide bonds. The van der Waals surface area contributed by atoms with Crippen LogP contribution >= 0.6 is 0 Å². The van der Waals surface area contributed by atoms with Gasteiger partial charge in [-0.2, -0.15) is 13.2 Å². The Kier molecular flexibility index (Phi) is 4.79. The first-order chi connectivity index (χ1) is 14.9. The predicted octanol–water partition coefficient (Wildman–Crippen LogP) is 4.97. The van der Waals surface area contributed by atoms with Crippen LogP contribution in [0, 0.1) is 5.92 Å². The number of rotatable bonds is 3. The third-order valence-electron chi connectivity index (χ3n) is 6.22. The molecule has 1 saturated carbocycles. The van der Waals surface area contributed by atoms with E-state index in [0.29, 0.717) is 23.9 Å². The molecule has 0 atom stereocenters. The van der Waals surface area contributed by atoms with Gasteiger partial charge in [0, 0.05) is 18.2 Å². The van der Waals surface area contributed by atoms with Crippen molar-refractivity contribution >= 4 is 5.91 Å². The summed E-state index contributed by atoms with van der Waals surface area (Å²) in [5.41, 5.74) is 0.104. The molecule has 0 N–H and O–H groups in total. The van der Waals surface area contributed by atoms with Gasteiger partial charge in [0.1, 0.15) is 0 Å². The number of aromatic nitrogens is 3. The molecule has 0 spiro atoms. The van der Waals surface area contributed by atoms with Crippen molar-refractivity contribution in [1.29, 1.82) is 0 Å². The predicted molar refractivity (Wildman–Crippen MR) is 109 cm³/mol. The Bertz CT molecular complexity index is 1100. The topological polar surface area (TPSA) is 51.0 Å². The third kappa shape index (κ3) is 3.71. The molecular formula is C23H21F3N4O. The van der Waals surface area contributed by atoms with E-state index >= 15 is 0 Å². The van der Waals surface area contributed by atoms with Crippen LogP contribution in [0.2, 0.25) is 0 Å². The highest BCUT2D eigenvalue weighted by Gasteiger charge is 2.38. The summed E-state index contributed by atoms with van der Waals surface area (Å²) in [4.78, 5) is 19.6. The van der Waals surface area contributed by atoms with Crippen LogP contribution in [0.1, 0.15) is 41.9 Å². The molecule has 2 aliphatic heterocycles. The average Bonchev–Trinajstić information content (AvgIpc) is 3.25. The summed E-state index contributed by atoms with van der Waals surface area (Å²) in [7, 11) is 0. The Labute approximate surface area is 177 Å². The van der Waals surface area contributed by atoms with E-state index in [4.69, 9.17) is 0 Å². The smallest absolute Gasteiger partial charge is 0.333 e. The van der Waals surface area contributed by atoms with Crippen LogP contribution in [0.5, 0.6) is 0 Å². The fraction of sp³-hybridized carbons (Fsp3) is 0.348. The number of piperidine rings is 2. The first kappa shape index (κ1) is 19.8. The van der Waals surface area contributed by atoms with Crippen LogP contribution in [-0.4, -0.2) is 38.2 Å². The molecule has 3 aromatic rings. The zero-order chi connectivity index (χ0) is 21.6. The van der Waals surface area contributed by atoms with Gasteiger partial charge in [-0.15, -0.1) is 5.10 Å². The lowest BCUT2D eigenvalue weighted by atomic mass is 9.80. The van der Waals surface area contributed by atoms with Crippen LogP contribution in [0.15, 0.2) is 54.6 Å². The van der Waals surface area contributed by atoms with Crippen molar-refractivity contribution in [2.45, 2.75) is 37.9 Å². The Morgan fingerprint density at radius 2 is 1.71 bits per heavy atom. The van der Waals surface area contributed by atoms with E-state index < -0.39 is 11.7 Å². The van der Waals surface area contributed by atoms with Gasteiger partial charge in [-0.05, 0) is 49.8 Å². The molecule has 5 nitrogen and oxygen atoms in total. The van der Waals surface area contributed by atoms with Gasteiger partial charge in [-0.25, -0.2) is 9.67 Å². The normalized spacial score (nSPS) is 20.8. The molecule has 2 bridgehead atoms. The van der Waals surface area contributed by atoms with Crippen LogP contribution in [-0.2, 0) is 6.18 Å². The van der Waals surface area contributed by atoms with Crippen molar-refractivity contribution in [3.63, 3.8) is 0 Å². The molecule has 31 heavy (non-hydrogen) atoms. The fourth-order valence-electron chi connectivity index (χ4n) is 4.61. The quantitative estimate of drug-likeness (QED) is 0.594. The molecule has 3 heterocycles. The molecule has 2 aromatic carbocycles. The largest absolute Gasteiger partial charge is 0.416 e. The Morgan fingerprint density at radius 3 is 2.35 bits per heavy atom. The van der Waals surface area contributed by atoms with Gasteiger partial charge < -0.3 is 4.90 Å². The Morgan fingerprint density at radius 1 is 0.968 bits per heavy atom. The van der Waals surface area contributed by atoms with E-state index in [2.05, 4.69) is 10.1 Å². The number of hydrogen-bond donors (Lipinski definition) is 0. The van der Waals surface area contributed by atoms with Gasteiger partial charge >= 0.3 is 6.18 Å². The zero-order valence-corrected chi connectivity index (χ0v) is 16.7. The SMILES string of the molecule is O=C(c1nc(-c2ccccc2)n(-c2cccc(C(F)(F)F)c2)n1)N1CC2CCC1CC2. The number of nitrogens with zero attached hydrogens (tertiary/aromatic N) is 4. The standard InChI is InChI=1S/C23H21F3N4O/c24-23(25,26)17-7-4-8-19(13-17)30-21(16-5-2-1-3-6-16)27-20(28-30)22(31)29-14-15-9-11-18(29)12-10-15/h1-8,13,15,18H,9-12,14H2. The maximum Gasteiger partial charge on any atom is 0.416 e. The van der Waals surface area contributed by atoms with Gasteiger partial charge in [0.2, 0.25) is 5.82 Å². The summed E-state index contributed by atoms with van der Waals surface area (Å²) in [5, 5.41) is 4.39. The second kappa shape index (κ2) is 7.51. The minimum Gasteiger partial charge on any atom is -0.333 e. The molecule has 3 aliphatic rings. The van der Waals surface area contributed by atoms with Crippen molar-refractivity contribution in [1.82, 2.24) is 19.7 Å². The second-order valence-electron chi connectivity index (χ2n) is 8.22. The highest BCUT2D eigenvalue weighted by Crippen LogP contribution is 2.36. The van der Waals surface area contributed by atoms with Crippen LogP contribution < -0.4 is 0 Å². The van der Waals surface area contributed by atoms with E-state index in [-0.39, 0.29) is 23.5 Å². The van der Waals surface area contributed by atoms with Gasteiger partial charge in [-0.1, -0.05) is 36.4 Å². The number of hydrogen-bond acceptors (Lipinski definition) is 3. The lowest BCUT2D eigenvalue weighted by molar-refractivity contribution is -0.137. The number of alkyl halides is 3. The Balaban J connectivity index is 1.58. The lowest BCUT2D eigenvalue weighted by Gasteiger charge is -2.44. The molecule has 2 saturated heterocycles. The fourth-order valence-corrected chi connectivity index (χ4v) is 4.61. The van der Waals surface area contributed by atoms with Crippen molar-refractivity contribution in [3.05, 3.63) is 66.0 Å². The number of amides is 1. The van der Waals surface area contributed by atoms with Crippen molar-refractivity contribution in [2.24, 2.45) is 5.92 Å². The molecule has 1 aliphatic carbocycles. The minimum absolute atomic E-state index is 0.0174. The minimum atomic E-state index is -4.48. The van der Waals surface area contributed by atoms with E-state index in [9.17, 15) is 18.0 Å². The average molecular weight is 426 g/mol. The lowest BCUT2D eigenvalue weighted by Crippen LogP contribution is -2.51. The van der Waals surface area contributed by atoms with E-state index in [0.717, 1.165) is 37.8 Å². The number of carbonyl (C=O) groups is 1. The van der Waals surface area contributed by atoms with Gasteiger partial charge in [0.05, 0.1) is 11.3 Å². The molecule has 3 fully saturated rings. The van der Waals surface area contributed by atoms with Crippen LogP contribution in [0.3, 0.4) is 0 Å². The van der Waals surface area contributed by atoms with Crippen molar-refractivity contribution < 1.29 is 18.0 Å². The number of halogens is 3. The summed E-state index contributed by atoms with van der Waals surface area (Å²) in [6.45, 7) is 0.697. The first-order valence-corrected chi connectivity index (χ1v) is 10.4.